The summed E-state index contributed by atoms with van der Waals surface area (Å²) in [5.74, 6) is -0.823. The van der Waals surface area contributed by atoms with E-state index < -0.39 is 5.82 Å². The van der Waals surface area contributed by atoms with Gasteiger partial charge in [-0.3, -0.25) is 4.90 Å². The topological polar surface area (TPSA) is 35.5 Å². The van der Waals surface area contributed by atoms with Crippen molar-refractivity contribution in [3.63, 3.8) is 0 Å². The van der Waals surface area contributed by atoms with E-state index in [2.05, 4.69) is 17.1 Å². The van der Waals surface area contributed by atoms with Gasteiger partial charge in [0.1, 0.15) is 0 Å². The number of phenolic OH excluding ortho intramolecular Hbond substituents is 1. The highest BCUT2D eigenvalue weighted by Crippen LogP contribution is 2.24. The Balaban J connectivity index is 0.00000144. The summed E-state index contributed by atoms with van der Waals surface area (Å²) in [6, 6.07) is 4.81. The maximum absolute atomic E-state index is 13.2. The lowest BCUT2D eigenvalue weighted by atomic mass is 10.1. The Morgan fingerprint density at radius 3 is 2.59 bits per heavy atom. The third-order valence-electron chi connectivity index (χ3n) is 3.15. The molecule has 1 heterocycles. The Bertz CT molecular complexity index is 370. The summed E-state index contributed by atoms with van der Waals surface area (Å²) in [6.07, 6.45) is 0. The summed E-state index contributed by atoms with van der Waals surface area (Å²) in [5.41, 5.74) is 0.914. The summed E-state index contributed by atoms with van der Waals surface area (Å²) in [4.78, 5) is 2.31. The van der Waals surface area contributed by atoms with Crippen LogP contribution in [0.3, 0.4) is 0 Å². The van der Waals surface area contributed by atoms with Crippen molar-refractivity contribution in [3.8, 4) is 5.75 Å². The van der Waals surface area contributed by atoms with Gasteiger partial charge in [0.2, 0.25) is 0 Å². The first kappa shape index (κ1) is 14.2. The number of phenols is 1. The molecule has 1 aromatic carbocycles. The Morgan fingerprint density at radius 2 is 2.00 bits per heavy atom. The molecule has 0 spiro atoms. The standard InChI is InChI=1S/C12H17FN2O.ClH/c1-9(15-6-4-14-5-7-15)10-2-3-12(16)11(13)8-10;/h2-3,8-9,14,16H,4-7H2,1H3;1H/t9-;/m0./s1. The van der Waals surface area contributed by atoms with Gasteiger partial charge in [0.15, 0.2) is 11.6 Å². The van der Waals surface area contributed by atoms with Gasteiger partial charge in [-0.15, -0.1) is 12.4 Å². The van der Waals surface area contributed by atoms with Crippen molar-refractivity contribution >= 4 is 12.4 Å². The van der Waals surface area contributed by atoms with Crippen LogP contribution in [0.5, 0.6) is 5.75 Å². The van der Waals surface area contributed by atoms with E-state index in [1.165, 1.54) is 12.1 Å². The fraction of sp³-hybridized carbons (Fsp3) is 0.500. The number of benzene rings is 1. The van der Waals surface area contributed by atoms with Crippen LogP contribution in [0.15, 0.2) is 18.2 Å². The van der Waals surface area contributed by atoms with Gasteiger partial charge in [-0.25, -0.2) is 4.39 Å². The molecule has 0 aliphatic carbocycles. The van der Waals surface area contributed by atoms with Gasteiger partial charge in [0.05, 0.1) is 0 Å². The predicted molar refractivity (Wildman–Crippen MR) is 68.2 cm³/mol. The lowest BCUT2D eigenvalue weighted by Crippen LogP contribution is -2.44. The quantitative estimate of drug-likeness (QED) is 0.853. The average molecular weight is 261 g/mol. The first-order valence-corrected chi connectivity index (χ1v) is 5.61. The molecule has 0 amide bonds. The number of rotatable bonds is 2. The molecule has 3 nitrogen and oxygen atoms in total. The Hall–Kier alpha value is -0.840. The fourth-order valence-electron chi connectivity index (χ4n) is 2.06. The number of piperazine rings is 1. The molecule has 1 fully saturated rings. The molecule has 96 valence electrons. The summed E-state index contributed by atoms with van der Waals surface area (Å²) in [6.45, 7) is 5.97. The molecule has 1 saturated heterocycles. The van der Waals surface area contributed by atoms with Crippen LogP contribution >= 0.6 is 12.4 Å². The lowest BCUT2D eigenvalue weighted by molar-refractivity contribution is 0.185. The molecule has 0 bridgehead atoms. The van der Waals surface area contributed by atoms with Crippen LogP contribution in [0.4, 0.5) is 4.39 Å². The monoisotopic (exact) mass is 260 g/mol. The number of halogens is 2. The molecule has 17 heavy (non-hydrogen) atoms. The van der Waals surface area contributed by atoms with Crippen LogP contribution in [-0.4, -0.2) is 36.2 Å². The van der Waals surface area contributed by atoms with Gasteiger partial charge in [0.25, 0.3) is 0 Å². The predicted octanol–water partition coefficient (Wildman–Crippen LogP) is 1.92. The van der Waals surface area contributed by atoms with Gasteiger partial charge in [-0.2, -0.15) is 0 Å². The van der Waals surface area contributed by atoms with Gasteiger partial charge >= 0.3 is 0 Å². The summed E-state index contributed by atoms with van der Waals surface area (Å²) < 4.78 is 13.2. The van der Waals surface area contributed by atoms with E-state index in [9.17, 15) is 4.39 Å². The first-order chi connectivity index (χ1) is 7.68. The number of hydrogen-bond acceptors (Lipinski definition) is 3. The minimum Gasteiger partial charge on any atom is -0.505 e. The highest BCUT2D eigenvalue weighted by Gasteiger charge is 2.18. The second-order valence-electron chi connectivity index (χ2n) is 4.17. The maximum Gasteiger partial charge on any atom is 0.165 e. The van der Waals surface area contributed by atoms with E-state index in [1.807, 2.05) is 0 Å². The minimum atomic E-state index is -0.542. The molecule has 2 N–H and O–H groups in total. The Morgan fingerprint density at radius 1 is 1.35 bits per heavy atom. The third-order valence-corrected chi connectivity index (χ3v) is 3.15. The van der Waals surface area contributed by atoms with Gasteiger partial charge < -0.3 is 10.4 Å². The normalized spacial score (nSPS) is 18.5. The molecule has 1 aromatic rings. The van der Waals surface area contributed by atoms with Crippen molar-refractivity contribution in [2.45, 2.75) is 13.0 Å². The van der Waals surface area contributed by atoms with Crippen molar-refractivity contribution in [2.75, 3.05) is 26.2 Å². The van der Waals surface area contributed by atoms with E-state index in [0.29, 0.717) is 0 Å². The molecule has 1 atom stereocenters. The van der Waals surface area contributed by atoms with Crippen molar-refractivity contribution in [1.82, 2.24) is 10.2 Å². The highest BCUT2D eigenvalue weighted by molar-refractivity contribution is 5.85. The van der Waals surface area contributed by atoms with Crippen LogP contribution in [-0.2, 0) is 0 Å². The van der Waals surface area contributed by atoms with Crippen LogP contribution in [0, 0.1) is 5.82 Å². The zero-order chi connectivity index (χ0) is 11.5. The van der Waals surface area contributed by atoms with E-state index in [4.69, 9.17) is 5.11 Å². The molecule has 0 unspecified atom stereocenters. The average Bonchev–Trinajstić information content (AvgIpc) is 2.33. The number of hydrogen-bond donors (Lipinski definition) is 2. The zero-order valence-corrected chi connectivity index (χ0v) is 10.6. The molecule has 0 aromatic heterocycles. The van der Waals surface area contributed by atoms with Crippen LogP contribution in [0.1, 0.15) is 18.5 Å². The van der Waals surface area contributed by atoms with Crippen LogP contribution < -0.4 is 5.32 Å². The number of aromatic hydroxyl groups is 1. The first-order valence-electron chi connectivity index (χ1n) is 5.61. The van der Waals surface area contributed by atoms with Crippen molar-refractivity contribution in [2.24, 2.45) is 0 Å². The second-order valence-corrected chi connectivity index (χ2v) is 4.17. The number of nitrogens with one attached hydrogen (secondary N) is 1. The van der Waals surface area contributed by atoms with Crippen molar-refractivity contribution < 1.29 is 9.50 Å². The lowest BCUT2D eigenvalue weighted by Gasteiger charge is -2.33. The molecule has 5 heteroatoms. The highest BCUT2D eigenvalue weighted by atomic mass is 35.5. The SMILES string of the molecule is C[C@@H](c1ccc(O)c(F)c1)N1CCNCC1.Cl. The smallest absolute Gasteiger partial charge is 0.165 e. The molecule has 1 aliphatic rings. The maximum atomic E-state index is 13.2. The van der Waals surface area contributed by atoms with Crippen molar-refractivity contribution in [1.29, 1.82) is 0 Å². The van der Waals surface area contributed by atoms with Crippen LogP contribution in [0.25, 0.3) is 0 Å². The summed E-state index contributed by atoms with van der Waals surface area (Å²) >= 11 is 0. The molecule has 0 saturated carbocycles. The Labute approximate surface area is 107 Å². The van der Waals surface area contributed by atoms with Crippen LogP contribution in [0.2, 0.25) is 0 Å². The van der Waals surface area contributed by atoms with E-state index in [-0.39, 0.29) is 24.2 Å². The summed E-state index contributed by atoms with van der Waals surface area (Å²) in [7, 11) is 0. The van der Waals surface area contributed by atoms with E-state index >= 15 is 0 Å². The Kier molecular flexibility index (Phi) is 5.18. The molecule has 1 aliphatic heterocycles. The largest absolute Gasteiger partial charge is 0.505 e. The van der Waals surface area contributed by atoms with Gasteiger partial charge in [-0.1, -0.05) is 6.07 Å². The molecular weight excluding hydrogens is 243 g/mol. The van der Waals surface area contributed by atoms with Gasteiger partial charge in [-0.05, 0) is 24.6 Å². The zero-order valence-electron chi connectivity index (χ0n) is 9.82. The van der Waals surface area contributed by atoms with Gasteiger partial charge in [0, 0.05) is 32.2 Å². The third kappa shape index (κ3) is 3.31. The molecule has 0 radical (unpaired) electrons. The second kappa shape index (κ2) is 6.19. The summed E-state index contributed by atoms with van der Waals surface area (Å²) in [5, 5.41) is 12.4. The number of nitrogens with zero attached hydrogens (tertiary/aromatic N) is 1. The van der Waals surface area contributed by atoms with Crippen molar-refractivity contribution in [3.05, 3.63) is 29.6 Å². The molecular formula is C12H18ClFN2O. The van der Waals surface area contributed by atoms with E-state index in [1.54, 1.807) is 6.07 Å². The fourth-order valence-corrected chi connectivity index (χ4v) is 2.06. The van der Waals surface area contributed by atoms with E-state index in [0.717, 1.165) is 31.7 Å². The minimum absolute atomic E-state index is 0. The molecule has 2 rings (SSSR count).